The molecule has 0 bridgehead atoms. The van der Waals surface area contributed by atoms with E-state index in [4.69, 9.17) is 5.73 Å². The second-order valence-corrected chi connectivity index (χ2v) is 3.53. The van der Waals surface area contributed by atoms with Gasteiger partial charge in [0.05, 0.1) is 0 Å². The molecule has 1 aliphatic rings. The van der Waals surface area contributed by atoms with Gasteiger partial charge in [0.2, 0.25) is 0 Å². The molecular formula is C9H12N2O. The van der Waals surface area contributed by atoms with E-state index >= 15 is 0 Å². The number of aromatic nitrogens is 1. The SMILES string of the molecule is NC1(Cn2ccccc2=O)CC1. The average molecular weight is 164 g/mol. The van der Waals surface area contributed by atoms with Crippen molar-refractivity contribution in [1.29, 1.82) is 0 Å². The summed E-state index contributed by atoms with van der Waals surface area (Å²) >= 11 is 0. The van der Waals surface area contributed by atoms with Gasteiger partial charge in [-0.2, -0.15) is 0 Å². The van der Waals surface area contributed by atoms with Crippen molar-refractivity contribution in [2.45, 2.75) is 24.9 Å². The van der Waals surface area contributed by atoms with Crippen LogP contribution in [0, 0.1) is 0 Å². The number of nitrogens with two attached hydrogens (primary N) is 1. The topological polar surface area (TPSA) is 48.0 Å². The lowest BCUT2D eigenvalue weighted by atomic mass is 10.3. The minimum absolute atomic E-state index is 0.0363. The van der Waals surface area contributed by atoms with Crippen LogP contribution in [0.4, 0.5) is 0 Å². The molecule has 0 amide bonds. The predicted octanol–water partition coefficient (Wildman–Crippen LogP) is 0.340. The van der Waals surface area contributed by atoms with E-state index in [0.29, 0.717) is 6.54 Å². The zero-order valence-electron chi connectivity index (χ0n) is 6.86. The summed E-state index contributed by atoms with van der Waals surface area (Å²) in [5.74, 6) is 0. The number of pyridine rings is 1. The summed E-state index contributed by atoms with van der Waals surface area (Å²) in [6.45, 7) is 0.659. The van der Waals surface area contributed by atoms with E-state index in [1.54, 1.807) is 22.9 Å². The summed E-state index contributed by atoms with van der Waals surface area (Å²) in [6, 6.07) is 5.16. The van der Waals surface area contributed by atoms with E-state index in [1.165, 1.54) is 0 Å². The van der Waals surface area contributed by atoms with Gasteiger partial charge in [0, 0.05) is 24.3 Å². The first kappa shape index (κ1) is 7.55. The largest absolute Gasteiger partial charge is 0.324 e. The Balaban J connectivity index is 2.23. The van der Waals surface area contributed by atoms with E-state index in [0.717, 1.165) is 12.8 Å². The quantitative estimate of drug-likeness (QED) is 0.685. The van der Waals surface area contributed by atoms with Crippen LogP contribution in [0.1, 0.15) is 12.8 Å². The third kappa shape index (κ3) is 1.41. The van der Waals surface area contributed by atoms with E-state index in [2.05, 4.69) is 0 Å². The fourth-order valence-corrected chi connectivity index (χ4v) is 1.25. The highest BCUT2D eigenvalue weighted by molar-refractivity contribution is 5.02. The van der Waals surface area contributed by atoms with Crippen LogP contribution in [-0.4, -0.2) is 10.1 Å². The monoisotopic (exact) mass is 164 g/mol. The zero-order chi connectivity index (χ0) is 8.60. The van der Waals surface area contributed by atoms with Gasteiger partial charge in [0.1, 0.15) is 0 Å². The van der Waals surface area contributed by atoms with Crippen LogP contribution in [-0.2, 0) is 6.54 Å². The van der Waals surface area contributed by atoms with Gasteiger partial charge in [-0.05, 0) is 18.9 Å². The van der Waals surface area contributed by atoms with Crippen LogP contribution >= 0.6 is 0 Å². The summed E-state index contributed by atoms with van der Waals surface area (Å²) in [5, 5.41) is 0. The van der Waals surface area contributed by atoms with Gasteiger partial charge >= 0.3 is 0 Å². The third-order valence-corrected chi connectivity index (χ3v) is 2.28. The van der Waals surface area contributed by atoms with Crippen molar-refractivity contribution < 1.29 is 0 Å². The first-order valence-corrected chi connectivity index (χ1v) is 4.14. The van der Waals surface area contributed by atoms with Gasteiger partial charge in [0.25, 0.3) is 5.56 Å². The summed E-state index contributed by atoms with van der Waals surface area (Å²) in [5.41, 5.74) is 5.83. The van der Waals surface area contributed by atoms with E-state index in [9.17, 15) is 4.79 Å². The molecule has 0 spiro atoms. The molecule has 0 atom stereocenters. The maximum Gasteiger partial charge on any atom is 0.250 e. The first-order chi connectivity index (χ1) is 5.70. The Morgan fingerprint density at radius 2 is 2.25 bits per heavy atom. The predicted molar refractivity (Wildman–Crippen MR) is 46.9 cm³/mol. The lowest BCUT2D eigenvalue weighted by Crippen LogP contribution is -2.32. The number of nitrogens with zero attached hydrogens (tertiary/aromatic N) is 1. The zero-order valence-corrected chi connectivity index (χ0v) is 6.86. The van der Waals surface area contributed by atoms with E-state index in [1.807, 2.05) is 6.07 Å². The van der Waals surface area contributed by atoms with Crippen molar-refractivity contribution in [2.24, 2.45) is 5.73 Å². The Morgan fingerprint density at radius 3 is 2.83 bits per heavy atom. The highest BCUT2D eigenvalue weighted by Gasteiger charge is 2.38. The maximum absolute atomic E-state index is 11.2. The van der Waals surface area contributed by atoms with Crippen LogP contribution in [0.25, 0.3) is 0 Å². The molecular weight excluding hydrogens is 152 g/mol. The highest BCUT2D eigenvalue weighted by atomic mass is 16.1. The fourth-order valence-electron chi connectivity index (χ4n) is 1.25. The van der Waals surface area contributed by atoms with Crippen LogP contribution < -0.4 is 11.3 Å². The number of hydrogen-bond donors (Lipinski definition) is 1. The van der Waals surface area contributed by atoms with Crippen molar-refractivity contribution in [3.8, 4) is 0 Å². The van der Waals surface area contributed by atoms with Gasteiger partial charge in [-0.15, -0.1) is 0 Å². The molecule has 12 heavy (non-hydrogen) atoms. The smallest absolute Gasteiger partial charge is 0.250 e. The van der Waals surface area contributed by atoms with Gasteiger partial charge in [-0.25, -0.2) is 0 Å². The first-order valence-electron chi connectivity index (χ1n) is 4.14. The Hall–Kier alpha value is -1.09. The Bertz CT molecular complexity index is 338. The summed E-state index contributed by atoms with van der Waals surface area (Å²) in [4.78, 5) is 11.2. The Morgan fingerprint density at radius 1 is 1.50 bits per heavy atom. The van der Waals surface area contributed by atoms with Crippen molar-refractivity contribution >= 4 is 0 Å². The van der Waals surface area contributed by atoms with Gasteiger partial charge in [0.15, 0.2) is 0 Å². The molecule has 3 nitrogen and oxygen atoms in total. The average Bonchev–Trinajstić information content (AvgIpc) is 2.74. The second kappa shape index (κ2) is 2.45. The molecule has 2 N–H and O–H groups in total. The summed E-state index contributed by atoms with van der Waals surface area (Å²) in [7, 11) is 0. The van der Waals surface area contributed by atoms with Gasteiger partial charge in [-0.3, -0.25) is 4.79 Å². The molecule has 1 aliphatic carbocycles. The minimum Gasteiger partial charge on any atom is -0.324 e. The summed E-state index contributed by atoms with van der Waals surface area (Å²) < 4.78 is 1.67. The fraction of sp³-hybridized carbons (Fsp3) is 0.444. The normalized spacial score (nSPS) is 19.1. The lowest BCUT2D eigenvalue weighted by Gasteiger charge is -2.09. The third-order valence-electron chi connectivity index (χ3n) is 2.28. The van der Waals surface area contributed by atoms with Crippen molar-refractivity contribution in [3.63, 3.8) is 0 Å². The second-order valence-electron chi connectivity index (χ2n) is 3.53. The molecule has 0 radical (unpaired) electrons. The molecule has 1 fully saturated rings. The lowest BCUT2D eigenvalue weighted by molar-refractivity contribution is 0.530. The molecule has 0 aromatic carbocycles. The molecule has 64 valence electrons. The molecule has 0 saturated heterocycles. The standard InChI is InChI=1S/C9H12N2O/c10-9(4-5-9)7-11-6-2-1-3-8(11)12/h1-3,6H,4-5,7,10H2. The van der Waals surface area contributed by atoms with E-state index in [-0.39, 0.29) is 11.1 Å². The van der Waals surface area contributed by atoms with Gasteiger partial charge in [-0.1, -0.05) is 6.07 Å². The summed E-state index contributed by atoms with van der Waals surface area (Å²) in [6.07, 6.45) is 3.86. The number of rotatable bonds is 2. The molecule has 3 heteroatoms. The van der Waals surface area contributed by atoms with E-state index < -0.39 is 0 Å². The number of hydrogen-bond acceptors (Lipinski definition) is 2. The van der Waals surface area contributed by atoms with Crippen molar-refractivity contribution in [2.75, 3.05) is 0 Å². The highest BCUT2D eigenvalue weighted by Crippen LogP contribution is 2.33. The molecule has 1 saturated carbocycles. The van der Waals surface area contributed by atoms with Gasteiger partial charge < -0.3 is 10.3 Å². The molecule has 1 heterocycles. The molecule has 0 unspecified atom stereocenters. The maximum atomic E-state index is 11.2. The van der Waals surface area contributed by atoms with Crippen LogP contribution in [0.15, 0.2) is 29.2 Å². The molecule has 1 aromatic heterocycles. The molecule has 2 rings (SSSR count). The minimum atomic E-state index is -0.0921. The van der Waals surface area contributed by atoms with Crippen LogP contribution in [0.3, 0.4) is 0 Å². The molecule has 1 aromatic rings. The van der Waals surface area contributed by atoms with Crippen LogP contribution in [0.2, 0.25) is 0 Å². The molecule has 0 aliphatic heterocycles. The Labute approximate surface area is 70.8 Å². The van der Waals surface area contributed by atoms with Crippen LogP contribution in [0.5, 0.6) is 0 Å². The van der Waals surface area contributed by atoms with Crippen molar-refractivity contribution in [1.82, 2.24) is 4.57 Å². The Kier molecular flexibility index (Phi) is 1.54. The van der Waals surface area contributed by atoms with Crippen molar-refractivity contribution in [3.05, 3.63) is 34.7 Å².